The van der Waals surface area contributed by atoms with Crippen molar-refractivity contribution in [3.63, 3.8) is 0 Å². The molecule has 0 saturated carbocycles. The monoisotopic (exact) mass is 383 g/mol. The minimum atomic E-state index is -0.966. The Morgan fingerprint density at radius 3 is 2.68 bits per heavy atom. The molecular weight excluding hydrogens is 362 g/mol. The van der Waals surface area contributed by atoms with E-state index in [2.05, 4.69) is 10.1 Å². The van der Waals surface area contributed by atoms with Crippen LogP contribution in [0.4, 0.5) is 0 Å². The smallest absolute Gasteiger partial charge is 0.326 e. The van der Waals surface area contributed by atoms with Crippen LogP contribution in [0.5, 0.6) is 0 Å². The molecule has 1 unspecified atom stereocenters. The van der Waals surface area contributed by atoms with E-state index in [-0.39, 0.29) is 12.5 Å². The summed E-state index contributed by atoms with van der Waals surface area (Å²) >= 11 is 0. The summed E-state index contributed by atoms with van der Waals surface area (Å²) < 4.78 is 7.82. The highest BCUT2D eigenvalue weighted by atomic mass is 16.5. The fourth-order valence-corrected chi connectivity index (χ4v) is 2.85. The van der Waals surface area contributed by atoms with Crippen molar-refractivity contribution >= 4 is 22.9 Å². The molecule has 0 aliphatic heterocycles. The highest BCUT2D eigenvalue weighted by molar-refractivity contribution is 5.83. The number of nitrogens with zero attached hydrogens (tertiary/aromatic N) is 5. The van der Waals surface area contributed by atoms with Crippen molar-refractivity contribution in [3.05, 3.63) is 58.8 Å². The zero-order valence-corrected chi connectivity index (χ0v) is 15.9. The Hall–Kier alpha value is -3.49. The van der Waals surface area contributed by atoms with Crippen LogP contribution in [0, 0.1) is 0 Å². The fourth-order valence-electron chi connectivity index (χ4n) is 2.85. The van der Waals surface area contributed by atoms with Crippen molar-refractivity contribution in [3.8, 4) is 0 Å². The van der Waals surface area contributed by atoms with E-state index in [1.54, 1.807) is 14.1 Å². The number of esters is 1. The topological polar surface area (TPSA) is 99.3 Å². The van der Waals surface area contributed by atoms with Gasteiger partial charge in [0, 0.05) is 20.6 Å². The van der Waals surface area contributed by atoms with E-state index >= 15 is 0 Å². The second-order valence-electron chi connectivity index (χ2n) is 6.50. The number of rotatable bonds is 6. The molecule has 0 aliphatic rings. The molecule has 0 radical (unpaired) electrons. The van der Waals surface area contributed by atoms with E-state index in [1.807, 2.05) is 30.3 Å². The summed E-state index contributed by atoms with van der Waals surface area (Å²) in [5, 5.41) is 4.29. The molecule has 0 bridgehead atoms. The van der Waals surface area contributed by atoms with Gasteiger partial charge in [-0.1, -0.05) is 30.3 Å². The van der Waals surface area contributed by atoms with E-state index in [0.29, 0.717) is 17.6 Å². The molecule has 3 rings (SSSR count). The molecule has 0 aliphatic carbocycles. The van der Waals surface area contributed by atoms with E-state index in [0.717, 1.165) is 10.1 Å². The fraction of sp³-hybridized carbons (Fsp3) is 0.316. The van der Waals surface area contributed by atoms with Crippen LogP contribution in [0.25, 0.3) is 11.0 Å². The number of amides is 1. The van der Waals surface area contributed by atoms with Gasteiger partial charge in [-0.2, -0.15) is 5.10 Å². The second kappa shape index (κ2) is 8.03. The summed E-state index contributed by atoms with van der Waals surface area (Å²) in [5.41, 5.74) is 1.01. The first-order valence-corrected chi connectivity index (χ1v) is 8.72. The first-order valence-electron chi connectivity index (χ1n) is 8.72. The predicted molar refractivity (Wildman–Crippen MR) is 101 cm³/mol. The maximum absolute atomic E-state index is 12.4. The molecule has 0 fully saturated rings. The summed E-state index contributed by atoms with van der Waals surface area (Å²) in [7, 11) is 3.32. The third-order valence-corrected chi connectivity index (χ3v) is 4.31. The van der Waals surface area contributed by atoms with Crippen molar-refractivity contribution < 1.29 is 14.3 Å². The third kappa shape index (κ3) is 4.08. The number of carbonyl (C=O) groups excluding carboxylic acids is 2. The van der Waals surface area contributed by atoms with Gasteiger partial charge in [0.25, 0.3) is 11.5 Å². The average Bonchev–Trinajstić information content (AvgIpc) is 3.05. The molecule has 0 saturated heterocycles. The Bertz CT molecular complexity index is 1060. The summed E-state index contributed by atoms with van der Waals surface area (Å²) in [6.45, 7) is 1.58. The lowest BCUT2D eigenvalue weighted by molar-refractivity contribution is -0.159. The van der Waals surface area contributed by atoms with E-state index < -0.39 is 17.6 Å². The van der Waals surface area contributed by atoms with Crippen LogP contribution in [0.15, 0.2) is 47.7 Å². The number of carbonyl (C=O) groups is 2. The number of aromatic nitrogens is 4. The van der Waals surface area contributed by atoms with Crippen LogP contribution in [-0.4, -0.2) is 49.3 Å². The third-order valence-electron chi connectivity index (χ3n) is 4.31. The lowest BCUT2D eigenvalue weighted by atomic mass is 10.2. The van der Waals surface area contributed by atoms with Gasteiger partial charge >= 0.3 is 5.97 Å². The maximum Gasteiger partial charge on any atom is 0.326 e. The molecule has 0 spiro atoms. The highest BCUT2D eigenvalue weighted by Crippen LogP contribution is 2.07. The molecule has 9 heteroatoms. The Kier molecular flexibility index (Phi) is 5.53. The summed E-state index contributed by atoms with van der Waals surface area (Å²) in [5.74, 6) is -1.02. The summed E-state index contributed by atoms with van der Waals surface area (Å²) in [6.07, 6.45) is 1.70. The van der Waals surface area contributed by atoms with Crippen molar-refractivity contribution in [1.29, 1.82) is 0 Å². The lowest BCUT2D eigenvalue weighted by Crippen LogP contribution is -2.38. The number of hydrogen-bond donors (Lipinski definition) is 0. The van der Waals surface area contributed by atoms with Gasteiger partial charge in [-0.05, 0) is 12.5 Å². The molecule has 2 aromatic heterocycles. The van der Waals surface area contributed by atoms with Crippen LogP contribution >= 0.6 is 0 Å². The number of hydrogen-bond acceptors (Lipinski definition) is 6. The normalized spacial score (nSPS) is 12.0. The van der Waals surface area contributed by atoms with Crippen LogP contribution in [0.3, 0.4) is 0 Å². The molecule has 1 amide bonds. The maximum atomic E-state index is 12.4. The minimum Gasteiger partial charge on any atom is -0.451 e. The van der Waals surface area contributed by atoms with Crippen LogP contribution in [-0.2, 0) is 34.5 Å². The molecular formula is C19H21N5O4. The van der Waals surface area contributed by atoms with Crippen LogP contribution in [0.1, 0.15) is 12.5 Å². The zero-order chi connectivity index (χ0) is 20.3. The Balaban J connectivity index is 1.62. The molecule has 0 N–H and O–H groups in total. The van der Waals surface area contributed by atoms with Gasteiger partial charge in [-0.15, -0.1) is 0 Å². The first-order chi connectivity index (χ1) is 13.4. The average molecular weight is 383 g/mol. The highest BCUT2D eigenvalue weighted by Gasteiger charge is 2.22. The standard InChI is InChI=1S/C19H21N5O4/c1-13(18(26)22(2)10-14-7-5-4-6-8-14)28-16(25)11-24-12-20-17-15(19(24)27)9-21-23(17)3/h4-9,12-13H,10-11H2,1-3H3. The van der Waals surface area contributed by atoms with E-state index in [4.69, 9.17) is 4.74 Å². The first kappa shape index (κ1) is 19.3. The number of likely N-dealkylation sites (N-methyl/N-ethyl adjacent to an activating group) is 1. The molecule has 1 aromatic carbocycles. The number of fused-ring (bicyclic) bond motifs is 1. The van der Waals surface area contributed by atoms with Gasteiger partial charge in [0.1, 0.15) is 18.3 Å². The van der Waals surface area contributed by atoms with Gasteiger partial charge in [-0.3, -0.25) is 23.6 Å². The Morgan fingerprint density at radius 2 is 1.96 bits per heavy atom. The van der Waals surface area contributed by atoms with Crippen LogP contribution < -0.4 is 5.56 Å². The molecule has 28 heavy (non-hydrogen) atoms. The van der Waals surface area contributed by atoms with E-state index in [9.17, 15) is 14.4 Å². The predicted octanol–water partition coefficient (Wildman–Crippen LogP) is 0.720. The van der Waals surface area contributed by atoms with Crippen molar-refractivity contribution in [2.45, 2.75) is 26.1 Å². The quantitative estimate of drug-likeness (QED) is 0.582. The largest absolute Gasteiger partial charge is 0.451 e. The van der Waals surface area contributed by atoms with Gasteiger partial charge in [-0.25, -0.2) is 4.98 Å². The van der Waals surface area contributed by atoms with E-state index in [1.165, 1.54) is 29.0 Å². The molecule has 1 atom stereocenters. The summed E-state index contributed by atoms with van der Waals surface area (Å²) in [4.78, 5) is 42.6. The van der Waals surface area contributed by atoms with Gasteiger partial charge < -0.3 is 9.64 Å². The van der Waals surface area contributed by atoms with Crippen molar-refractivity contribution in [1.82, 2.24) is 24.2 Å². The SMILES string of the molecule is CC(OC(=O)Cn1cnc2c(cnn2C)c1=O)C(=O)N(C)Cc1ccccc1. The van der Waals surface area contributed by atoms with Gasteiger partial charge in [0.2, 0.25) is 0 Å². The molecule has 2 heterocycles. The van der Waals surface area contributed by atoms with Crippen molar-refractivity contribution in [2.75, 3.05) is 7.05 Å². The molecule has 9 nitrogen and oxygen atoms in total. The Labute approximate surface area is 161 Å². The van der Waals surface area contributed by atoms with Gasteiger partial charge in [0.15, 0.2) is 11.8 Å². The van der Waals surface area contributed by atoms with Crippen molar-refractivity contribution in [2.24, 2.45) is 7.05 Å². The number of ether oxygens (including phenoxy) is 1. The number of aryl methyl sites for hydroxylation is 1. The van der Waals surface area contributed by atoms with Gasteiger partial charge in [0.05, 0.1) is 6.20 Å². The second-order valence-corrected chi connectivity index (χ2v) is 6.50. The van der Waals surface area contributed by atoms with Crippen LogP contribution in [0.2, 0.25) is 0 Å². The molecule has 3 aromatic rings. The summed E-state index contributed by atoms with van der Waals surface area (Å²) in [6, 6.07) is 9.50. The zero-order valence-electron chi connectivity index (χ0n) is 15.9. The minimum absolute atomic E-state index is 0.310. The number of benzene rings is 1. The Morgan fingerprint density at radius 1 is 1.25 bits per heavy atom. The lowest BCUT2D eigenvalue weighted by Gasteiger charge is -2.21. The molecule has 146 valence electrons.